The molecule has 84 valence electrons. The average molecular weight is 224 g/mol. The maximum Gasteiger partial charge on any atom is 0.0452 e. The van der Waals surface area contributed by atoms with Crippen molar-refractivity contribution in [1.29, 1.82) is 0 Å². The molecule has 0 saturated carbocycles. The first-order valence-electron chi connectivity index (χ1n) is 5.23. The lowest BCUT2D eigenvalue weighted by molar-refractivity contribution is 0.410. The molecule has 2 nitrogen and oxygen atoms in total. The molecule has 3 heteroatoms. The van der Waals surface area contributed by atoms with E-state index in [2.05, 4.69) is 38.1 Å². The molecule has 0 atom stereocenters. The van der Waals surface area contributed by atoms with Gasteiger partial charge in [-0.3, -0.25) is 0 Å². The number of aryl methyl sites for hydroxylation is 1. The Balaban J connectivity index is 2.40. The standard InChI is InChI=1S/C12H20N2S/c1-10-5-6-11(13)12(9-10)15-8-4-7-14(2)3/h5-6,9H,4,7-8,13H2,1-3H3. The van der Waals surface area contributed by atoms with Gasteiger partial charge in [0, 0.05) is 10.6 Å². The Morgan fingerprint density at radius 1 is 1.33 bits per heavy atom. The second kappa shape index (κ2) is 6.03. The minimum Gasteiger partial charge on any atom is -0.398 e. The molecule has 2 N–H and O–H groups in total. The summed E-state index contributed by atoms with van der Waals surface area (Å²) in [7, 11) is 4.21. The molecule has 0 aromatic heterocycles. The highest BCUT2D eigenvalue weighted by Crippen LogP contribution is 2.26. The van der Waals surface area contributed by atoms with E-state index in [0.29, 0.717) is 0 Å². The molecule has 0 fully saturated rings. The normalized spacial score (nSPS) is 10.9. The SMILES string of the molecule is Cc1ccc(N)c(SCCCN(C)C)c1. The molecule has 1 aromatic carbocycles. The van der Waals surface area contributed by atoms with Crippen LogP contribution in [-0.2, 0) is 0 Å². The molecule has 0 unspecified atom stereocenters. The van der Waals surface area contributed by atoms with Crippen LogP contribution in [0.15, 0.2) is 23.1 Å². The highest BCUT2D eigenvalue weighted by molar-refractivity contribution is 7.99. The van der Waals surface area contributed by atoms with Gasteiger partial charge in [0.05, 0.1) is 0 Å². The van der Waals surface area contributed by atoms with E-state index in [1.807, 2.05) is 17.8 Å². The summed E-state index contributed by atoms with van der Waals surface area (Å²) in [5.74, 6) is 1.13. The van der Waals surface area contributed by atoms with Crippen LogP contribution >= 0.6 is 11.8 Å². The van der Waals surface area contributed by atoms with Crippen LogP contribution in [0.5, 0.6) is 0 Å². The van der Waals surface area contributed by atoms with Crippen molar-refractivity contribution in [2.24, 2.45) is 0 Å². The molecule has 1 rings (SSSR count). The predicted molar refractivity (Wildman–Crippen MR) is 69.5 cm³/mol. The Labute approximate surface area is 96.8 Å². The summed E-state index contributed by atoms with van der Waals surface area (Å²) < 4.78 is 0. The van der Waals surface area contributed by atoms with Crippen LogP contribution < -0.4 is 5.73 Å². The molecule has 0 spiro atoms. The number of rotatable bonds is 5. The molecule has 0 bridgehead atoms. The van der Waals surface area contributed by atoms with Crippen LogP contribution in [0, 0.1) is 6.92 Å². The molecule has 0 amide bonds. The van der Waals surface area contributed by atoms with Crippen LogP contribution in [0.1, 0.15) is 12.0 Å². The van der Waals surface area contributed by atoms with Crippen LogP contribution in [0.3, 0.4) is 0 Å². The summed E-state index contributed by atoms with van der Waals surface area (Å²) >= 11 is 1.85. The molecule has 1 aromatic rings. The lowest BCUT2D eigenvalue weighted by atomic mass is 10.2. The molecule has 0 radical (unpaired) electrons. The fourth-order valence-corrected chi connectivity index (χ4v) is 2.33. The van der Waals surface area contributed by atoms with Crippen molar-refractivity contribution >= 4 is 17.4 Å². The lowest BCUT2D eigenvalue weighted by Gasteiger charge is -2.09. The number of benzene rings is 1. The van der Waals surface area contributed by atoms with E-state index in [1.165, 1.54) is 16.9 Å². The third-order valence-electron chi connectivity index (χ3n) is 2.18. The van der Waals surface area contributed by atoms with Gasteiger partial charge in [-0.15, -0.1) is 11.8 Å². The number of hydrogen-bond donors (Lipinski definition) is 1. The van der Waals surface area contributed by atoms with Gasteiger partial charge >= 0.3 is 0 Å². The fourth-order valence-electron chi connectivity index (χ4n) is 1.33. The van der Waals surface area contributed by atoms with Gasteiger partial charge in [0.15, 0.2) is 0 Å². The van der Waals surface area contributed by atoms with E-state index in [9.17, 15) is 0 Å². The van der Waals surface area contributed by atoms with Crippen molar-refractivity contribution in [2.45, 2.75) is 18.2 Å². The van der Waals surface area contributed by atoms with Crippen LogP contribution in [-0.4, -0.2) is 31.3 Å². The Morgan fingerprint density at radius 3 is 2.73 bits per heavy atom. The van der Waals surface area contributed by atoms with Crippen LogP contribution in [0.4, 0.5) is 5.69 Å². The molecule has 0 heterocycles. The van der Waals surface area contributed by atoms with E-state index >= 15 is 0 Å². The topological polar surface area (TPSA) is 29.3 Å². The predicted octanol–water partition coefficient (Wildman–Crippen LogP) is 2.62. The van der Waals surface area contributed by atoms with Crippen LogP contribution in [0.2, 0.25) is 0 Å². The van der Waals surface area contributed by atoms with E-state index in [4.69, 9.17) is 5.73 Å². The zero-order valence-electron chi connectivity index (χ0n) is 9.79. The summed E-state index contributed by atoms with van der Waals surface area (Å²) in [6.07, 6.45) is 1.20. The number of hydrogen-bond acceptors (Lipinski definition) is 3. The number of anilines is 1. The third kappa shape index (κ3) is 4.58. The molecule has 0 aliphatic carbocycles. The summed E-state index contributed by atoms with van der Waals surface area (Å²) in [4.78, 5) is 3.42. The zero-order chi connectivity index (χ0) is 11.3. The minimum absolute atomic E-state index is 0.899. The smallest absolute Gasteiger partial charge is 0.0452 e. The molecule has 0 aliphatic rings. The van der Waals surface area contributed by atoms with Crippen molar-refractivity contribution in [1.82, 2.24) is 4.90 Å². The highest BCUT2D eigenvalue weighted by atomic mass is 32.2. The van der Waals surface area contributed by atoms with Crippen molar-refractivity contribution in [2.75, 3.05) is 32.1 Å². The Morgan fingerprint density at radius 2 is 2.07 bits per heavy atom. The maximum absolute atomic E-state index is 5.90. The maximum atomic E-state index is 5.90. The first-order valence-corrected chi connectivity index (χ1v) is 6.22. The second-order valence-corrected chi connectivity index (χ2v) is 5.18. The molecule has 0 aliphatic heterocycles. The Bertz CT molecular complexity index is 310. The molecular formula is C12H20N2S. The van der Waals surface area contributed by atoms with Gasteiger partial charge in [0.2, 0.25) is 0 Å². The van der Waals surface area contributed by atoms with Gasteiger partial charge in [0.25, 0.3) is 0 Å². The number of nitrogen functional groups attached to an aromatic ring is 1. The minimum atomic E-state index is 0.899. The van der Waals surface area contributed by atoms with E-state index in [1.54, 1.807) is 0 Å². The number of nitrogens with zero attached hydrogens (tertiary/aromatic N) is 1. The van der Waals surface area contributed by atoms with E-state index in [-0.39, 0.29) is 0 Å². The first kappa shape index (κ1) is 12.4. The fraction of sp³-hybridized carbons (Fsp3) is 0.500. The average Bonchev–Trinajstić information content (AvgIpc) is 2.17. The van der Waals surface area contributed by atoms with Gasteiger partial charge in [-0.05, 0) is 57.4 Å². The number of nitrogens with two attached hydrogens (primary N) is 1. The zero-order valence-corrected chi connectivity index (χ0v) is 10.6. The van der Waals surface area contributed by atoms with Crippen molar-refractivity contribution in [3.8, 4) is 0 Å². The Hall–Kier alpha value is -0.670. The molecule has 0 saturated heterocycles. The summed E-state index contributed by atoms with van der Waals surface area (Å²) in [5, 5.41) is 0. The van der Waals surface area contributed by atoms with Gasteiger partial charge in [-0.25, -0.2) is 0 Å². The van der Waals surface area contributed by atoms with Crippen LogP contribution in [0.25, 0.3) is 0 Å². The van der Waals surface area contributed by atoms with E-state index < -0.39 is 0 Å². The molecular weight excluding hydrogens is 204 g/mol. The largest absolute Gasteiger partial charge is 0.398 e. The van der Waals surface area contributed by atoms with Gasteiger partial charge in [-0.1, -0.05) is 6.07 Å². The third-order valence-corrected chi connectivity index (χ3v) is 3.33. The summed E-state index contributed by atoms with van der Waals surface area (Å²) in [5.41, 5.74) is 8.08. The summed E-state index contributed by atoms with van der Waals surface area (Å²) in [6, 6.07) is 6.21. The Kier molecular flexibility index (Phi) is 4.99. The van der Waals surface area contributed by atoms with Gasteiger partial charge in [-0.2, -0.15) is 0 Å². The highest BCUT2D eigenvalue weighted by Gasteiger charge is 2.00. The second-order valence-electron chi connectivity index (χ2n) is 4.05. The number of thioether (sulfide) groups is 1. The van der Waals surface area contributed by atoms with Crippen molar-refractivity contribution < 1.29 is 0 Å². The molecule has 15 heavy (non-hydrogen) atoms. The van der Waals surface area contributed by atoms with E-state index in [0.717, 1.165) is 18.0 Å². The summed E-state index contributed by atoms with van der Waals surface area (Å²) in [6.45, 7) is 3.24. The van der Waals surface area contributed by atoms with Gasteiger partial charge in [0.1, 0.15) is 0 Å². The first-order chi connectivity index (χ1) is 7.09. The quantitative estimate of drug-likeness (QED) is 0.473. The lowest BCUT2D eigenvalue weighted by Crippen LogP contribution is -2.13. The monoisotopic (exact) mass is 224 g/mol. The van der Waals surface area contributed by atoms with Crippen molar-refractivity contribution in [3.63, 3.8) is 0 Å². The van der Waals surface area contributed by atoms with Gasteiger partial charge < -0.3 is 10.6 Å². The van der Waals surface area contributed by atoms with Crippen molar-refractivity contribution in [3.05, 3.63) is 23.8 Å².